The number of nitrogens with one attached hydrogen (secondary N) is 2. The molecule has 2 aromatic heterocycles. The molecule has 0 radical (unpaired) electrons. The molecule has 2 N–H and O–H groups in total. The van der Waals surface area contributed by atoms with E-state index in [1.807, 2.05) is 24.3 Å². The first-order chi connectivity index (χ1) is 12.5. The molecule has 7 heteroatoms. The van der Waals surface area contributed by atoms with E-state index in [2.05, 4.69) is 29.5 Å². The molecule has 0 atom stereocenters. The van der Waals surface area contributed by atoms with Crippen LogP contribution in [0.25, 0.3) is 0 Å². The van der Waals surface area contributed by atoms with Gasteiger partial charge in [-0.1, -0.05) is 26.0 Å². The SMILES string of the molecule is CC(C)c1ccc(NC(=O)Cc2csc(NC(=O)c3ccco3)n2)cc1. The van der Waals surface area contributed by atoms with Crippen LogP contribution >= 0.6 is 11.3 Å². The maximum absolute atomic E-state index is 12.2. The summed E-state index contributed by atoms with van der Waals surface area (Å²) in [7, 11) is 0. The summed E-state index contributed by atoms with van der Waals surface area (Å²) in [6, 6.07) is 11.0. The minimum atomic E-state index is -0.370. The first-order valence-electron chi connectivity index (χ1n) is 8.20. The molecule has 0 saturated heterocycles. The van der Waals surface area contributed by atoms with Crippen molar-refractivity contribution in [3.63, 3.8) is 0 Å². The van der Waals surface area contributed by atoms with Crippen molar-refractivity contribution in [3.05, 3.63) is 65.1 Å². The van der Waals surface area contributed by atoms with Crippen LogP contribution in [0, 0.1) is 0 Å². The lowest BCUT2D eigenvalue weighted by Crippen LogP contribution is -2.15. The quantitative estimate of drug-likeness (QED) is 0.679. The predicted octanol–water partition coefficient (Wildman–Crippen LogP) is 4.29. The molecule has 0 unspecified atom stereocenters. The third kappa shape index (κ3) is 4.58. The molecule has 2 heterocycles. The van der Waals surface area contributed by atoms with E-state index < -0.39 is 0 Å². The average Bonchev–Trinajstić information content (AvgIpc) is 3.27. The highest BCUT2D eigenvalue weighted by molar-refractivity contribution is 7.14. The zero-order valence-corrected chi connectivity index (χ0v) is 15.3. The second-order valence-corrected chi connectivity index (χ2v) is 6.94. The van der Waals surface area contributed by atoms with E-state index in [1.54, 1.807) is 17.5 Å². The monoisotopic (exact) mass is 369 g/mol. The molecule has 3 rings (SSSR count). The molecular formula is C19H19N3O3S. The fourth-order valence-corrected chi connectivity index (χ4v) is 3.04. The number of carbonyl (C=O) groups is 2. The minimum absolute atomic E-state index is 0.138. The number of hydrogen-bond acceptors (Lipinski definition) is 5. The largest absolute Gasteiger partial charge is 0.459 e. The molecule has 26 heavy (non-hydrogen) atoms. The molecule has 2 amide bonds. The van der Waals surface area contributed by atoms with Gasteiger partial charge in [-0.25, -0.2) is 4.98 Å². The van der Waals surface area contributed by atoms with Crippen molar-refractivity contribution >= 4 is 34.0 Å². The van der Waals surface area contributed by atoms with Gasteiger partial charge in [-0.2, -0.15) is 0 Å². The molecule has 0 spiro atoms. The lowest BCUT2D eigenvalue weighted by atomic mass is 10.0. The summed E-state index contributed by atoms with van der Waals surface area (Å²) in [5, 5.41) is 7.68. The van der Waals surface area contributed by atoms with Gasteiger partial charge in [0.15, 0.2) is 10.9 Å². The summed E-state index contributed by atoms with van der Waals surface area (Å²) in [4.78, 5) is 28.3. The van der Waals surface area contributed by atoms with Crippen LogP contribution in [0.1, 0.15) is 41.6 Å². The molecule has 0 aliphatic carbocycles. The molecule has 3 aromatic rings. The maximum Gasteiger partial charge on any atom is 0.293 e. The molecule has 0 saturated carbocycles. The molecule has 0 fully saturated rings. The summed E-state index contributed by atoms with van der Waals surface area (Å²) < 4.78 is 5.03. The van der Waals surface area contributed by atoms with E-state index in [0.29, 0.717) is 16.7 Å². The zero-order chi connectivity index (χ0) is 18.5. The number of hydrogen-bond donors (Lipinski definition) is 2. The van der Waals surface area contributed by atoms with Crippen LogP contribution in [0.2, 0.25) is 0 Å². The Hall–Kier alpha value is -2.93. The summed E-state index contributed by atoms with van der Waals surface area (Å²) in [5.74, 6) is 0.135. The van der Waals surface area contributed by atoms with E-state index in [9.17, 15) is 9.59 Å². The van der Waals surface area contributed by atoms with E-state index in [4.69, 9.17) is 4.42 Å². The predicted molar refractivity (Wildman–Crippen MR) is 102 cm³/mol. The van der Waals surface area contributed by atoms with Crippen molar-refractivity contribution < 1.29 is 14.0 Å². The lowest BCUT2D eigenvalue weighted by Gasteiger charge is -2.08. The van der Waals surface area contributed by atoms with Gasteiger partial charge in [0.05, 0.1) is 18.4 Å². The summed E-state index contributed by atoms with van der Waals surface area (Å²) in [6.07, 6.45) is 1.57. The summed E-state index contributed by atoms with van der Waals surface area (Å²) in [6.45, 7) is 4.25. The first kappa shape index (κ1) is 17.9. The van der Waals surface area contributed by atoms with Gasteiger partial charge in [-0.15, -0.1) is 11.3 Å². The van der Waals surface area contributed by atoms with Crippen molar-refractivity contribution in [1.82, 2.24) is 4.98 Å². The molecule has 0 bridgehead atoms. The van der Waals surface area contributed by atoms with Crippen LogP contribution in [-0.2, 0) is 11.2 Å². The fourth-order valence-electron chi connectivity index (χ4n) is 2.33. The van der Waals surface area contributed by atoms with Gasteiger partial charge < -0.3 is 9.73 Å². The van der Waals surface area contributed by atoms with Gasteiger partial charge in [0.2, 0.25) is 5.91 Å². The highest BCUT2D eigenvalue weighted by Gasteiger charge is 2.13. The molecular weight excluding hydrogens is 350 g/mol. The Labute approximate surface area is 155 Å². The van der Waals surface area contributed by atoms with Crippen LogP contribution in [0.4, 0.5) is 10.8 Å². The van der Waals surface area contributed by atoms with Gasteiger partial charge in [-0.05, 0) is 35.7 Å². The Morgan fingerprint density at radius 3 is 2.58 bits per heavy atom. The van der Waals surface area contributed by atoms with Crippen molar-refractivity contribution in [3.8, 4) is 0 Å². The Morgan fingerprint density at radius 1 is 1.15 bits per heavy atom. The third-order valence-electron chi connectivity index (χ3n) is 3.72. The fraction of sp³-hybridized carbons (Fsp3) is 0.211. The van der Waals surface area contributed by atoms with Crippen molar-refractivity contribution in [1.29, 1.82) is 0 Å². The zero-order valence-electron chi connectivity index (χ0n) is 14.5. The Kier molecular flexibility index (Phi) is 5.48. The Morgan fingerprint density at radius 2 is 1.92 bits per heavy atom. The Balaban J connectivity index is 1.55. The molecule has 0 aliphatic rings. The normalized spacial score (nSPS) is 10.7. The van der Waals surface area contributed by atoms with E-state index in [0.717, 1.165) is 5.69 Å². The highest BCUT2D eigenvalue weighted by atomic mass is 32.1. The average molecular weight is 369 g/mol. The minimum Gasteiger partial charge on any atom is -0.459 e. The van der Waals surface area contributed by atoms with E-state index >= 15 is 0 Å². The van der Waals surface area contributed by atoms with Crippen molar-refractivity contribution in [2.24, 2.45) is 0 Å². The number of benzene rings is 1. The number of thiazole rings is 1. The summed E-state index contributed by atoms with van der Waals surface area (Å²) in [5.41, 5.74) is 2.57. The lowest BCUT2D eigenvalue weighted by molar-refractivity contribution is -0.115. The number of nitrogens with zero attached hydrogens (tertiary/aromatic N) is 1. The number of carbonyl (C=O) groups excluding carboxylic acids is 2. The number of aromatic nitrogens is 1. The van der Waals surface area contributed by atoms with Crippen LogP contribution in [-0.4, -0.2) is 16.8 Å². The smallest absolute Gasteiger partial charge is 0.293 e. The van der Waals surface area contributed by atoms with Gasteiger partial charge >= 0.3 is 0 Å². The Bertz CT molecular complexity index is 883. The summed E-state index contributed by atoms with van der Waals surface area (Å²) >= 11 is 1.26. The van der Waals surface area contributed by atoms with Crippen LogP contribution in [0.5, 0.6) is 0 Å². The van der Waals surface area contributed by atoms with Crippen LogP contribution in [0.15, 0.2) is 52.5 Å². The van der Waals surface area contributed by atoms with Gasteiger partial charge in [-0.3, -0.25) is 14.9 Å². The van der Waals surface area contributed by atoms with E-state index in [1.165, 1.54) is 23.2 Å². The second kappa shape index (κ2) is 7.97. The number of anilines is 2. The van der Waals surface area contributed by atoms with Crippen LogP contribution < -0.4 is 10.6 Å². The molecule has 6 nitrogen and oxygen atoms in total. The van der Waals surface area contributed by atoms with Crippen molar-refractivity contribution in [2.45, 2.75) is 26.2 Å². The van der Waals surface area contributed by atoms with Crippen molar-refractivity contribution in [2.75, 3.05) is 10.6 Å². The topological polar surface area (TPSA) is 84.2 Å². The molecule has 1 aromatic carbocycles. The molecule has 134 valence electrons. The molecule has 0 aliphatic heterocycles. The van der Waals surface area contributed by atoms with Crippen LogP contribution in [0.3, 0.4) is 0 Å². The first-order valence-corrected chi connectivity index (χ1v) is 9.08. The highest BCUT2D eigenvalue weighted by Crippen LogP contribution is 2.19. The maximum atomic E-state index is 12.2. The standard InChI is InChI=1S/C19H19N3O3S/c1-12(2)13-5-7-14(8-6-13)20-17(23)10-15-11-26-19(21-15)22-18(24)16-4-3-9-25-16/h3-9,11-12H,10H2,1-2H3,(H,20,23)(H,21,22,24). The van der Waals surface area contributed by atoms with E-state index in [-0.39, 0.29) is 24.0 Å². The van der Waals surface area contributed by atoms with Gasteiger partial charge in [0, 0.05) is 11.1 Å². The third-order valence-corrected chi connectivity index (χ3v) is 4.53. The number of amides is 2. The van der Waals surface area contributed by atoms with Gasteiger partial charge in [0.1, 0.15) is 0 Å². The number of furan rings is 1. The number of rotatable bonds is 6. The van der Waals surface area contributed by atoms with Gasteiger partial charge in [0.25, 0.3) is 5.91 Å². The second-order valence-electron chi connectivity index (χ2n) is 6.08.